The van der Waals surface area contributed by atoms with Crippen LogP contribution < -0.4 is 5.32 Å². The average molecular weight is 229 g/mol. The Labute approximate surface area is 92.4 Å². The summed E-state index contributed by atoms with van der Waals surface area (Å²) in [5.41, 5.74) is 0.177. The number of benzene rings is 1. The molecule has 1 N–H and O–H groups in total. The van der Waals surface area contributed by atoms with Crippen LogP contribution in [0.2, 0.25) is 0 Å². The van der Waals surface area contributed by atoms with Gasteiger partial charge in [-0.25, -0.2) is 8.78 Å². The van der Waals surface area contributed by atoms with Gasteiger partial charge in [0.25, 0.3) is 0 Å². The third-order valence-electron chi connectivity index (χ3n) is 2.19. The fourth-order valence-electron chi connectivity index (χ4n) is 1.21. The van der Waals surface area contributed by atoms with E-state index in [0.29, 0.717) is 0 Å². The number of hydrogen-bond acceptors (Lipinski definition) is 3. The van der Waals surface area contributed by atoms with Crippen LogP contribution in [-0.4, -0.2) is 19.1 Å². The highest BCUT2D eigenvalue weighted by Crippen LogP contribution is 2.11. The van der Waals surface area contributed by atoms with E-state index in [1.807, 2.05) is 0 Å². The maximum absolute atomic E-state index is 13.2. The van der Waals surface area contributed by atoms with Crippen LogP contribution in [0.1, 0.15) is 12.5 Å². The zero-order valence-electron chi connectivity index (χ0n) is 9.09. The zero-order chi connectivity index (χ0) is 12.1. The van der Waals surface area contributed by atoms with Crippen LogP contribution in [0, 0.1) is 11.6 Å². The molecule has 0 saturated heterocycles. The summed E-state index contributed by atoms with van der Waals surface area (Å²) in [6.07, 6.45) is 0. The Hall–Kier alpha value is -1.49. The number of hydrogen-bond donors (Lipinski definition) is 1. The molecule has 0 amide bonds. The summed E-state index contributed by atoms with van der Waals surface area (Å²) in [6, 6.07) is 3.35. The van der Waals surface area contributed by atoms with Crippen molar-refractivity contribution in [3.05, 3.63) is 35.4 Å². The molecule has 3 nitrogen and oxygen atoms in total. The fourth-order valence-corrected chi connectivity index (χ4v) is 1.21. The highest BCUT2D eigenvalue weighted by molar-refractivity contribution is 5.75. The first-order valence-corrected chi connectivity index (χ1v) is 4.80. The fraction of sp³-hybridized carbons (Fsp3) is 0.364. The van der Waals surface area contributed by atoms with E-state index in [-0.39, 0.29) is 12.1 Å². The van der Waals surface area contributed by atoms with Gasteiger partial charge in [-0.2, -0.15) is 0 Å². The summed E-state index contributed by atoms with van der Waals surface area (Å²) in [6.45, 7) is 1.66. The van der Waals surface area contributed by atoms with E-state index in [0.717, 1.165) is 6.07 Å². The van der Waals surface area contributed by atoms with Gasteiger partial charge >= 0.3 is 5.97 Å². The van der Waals surface area contributed by atoms with Crippen LogP contribution in [0.3, 0.4) is 0 Å². The number of carbonyl (C=O) groups excluding carboxylic acids is 1. The van der Waals surface area contributed by atoms with Crippen LogP contribution in [0.4, 0.5) is 8.78 Å². The van der Waals surface area contributed by atoms with Crippen molar-refractivity contribution in [2.75, 3.05) is 7.11 Å². The van der Waals surface area contributed by atoms with Gasteiger partial charge in [0.15, 0.2) is 11.6 Å². The summed E-state index contributed by atoms with van der Waals surface area (Å²) in [7, 11) is 1.27. The van der Waals surface area contributed by atoms with Crippen molar-refractivity contribution in [1.29, 1.82) is 0 Å². The van der Waals surface area contributed by atoms with Gasteiger partial charge in [0.05, 0.1) is 7.11 Å². The minimum Gasteiger partial charge on any atom is -0.468 e. The van der Waals surface area contributed by atoms with E-state index in [2.05, 4.69) is 10.1 Å². The molecule has 88 valence electrons. The van der Waals surface area contributed by atoms with Gasteiger partial charge in [0.2, 0.25) is 0 Å². The molecule has 1 aromatic rings. The van der Waals surface area contributed by atoms with Crippen LogP contribution in [0.25, 0.3) is 0 Å². The molecule has 1 aromatic carbocycles. The number of methoxy groups -OCH3 is 1. The molecule has 0 saturated carbocycles. The molecule has 5 heteroatoms. The summed E-state index contributed by atoms with van der Waals surface area (Å²) in [4.78, 5) is 11.0. The molecule has 0 radical (unpaired) electrons. The van der Waals surface area contributed by atoms with Gasteiger partial charge in [0.1, 0.15) is 6.04 Å². The normalized spacial score (nSPS) is 12.2. The van der Waals surface area contributed by atoms with Crippen LogP contribution in [-0.2, 0) is 16.1 Å². The first kappa shape index (κ1) is 12.6. The van der Waals surface area contributed by atoms with E-state index in [9.17, 15) is 13.6 Å². The highest BCUT2D eigenvalue weighted by atomic mass is 19.2. The van der Waals surface area contributed by atoms with E-state index in [1.54, 1.807) is 6.92 Å². The van der Waals surface area contributed by atoms with Crippen LogP contribution >= 0.6 is 0 Å². The second kappa shape index (κ2) is 5.55. The number of ether oxygens (including phenoxy) is 1. The standard InChI is InChI=1S/C11H13F2NO2/c1-7(11(15)16-2)14-6-8-4-3-5-9(12)10(8)13/h3-5,7,14H,6H2,1-2H3. The van der Waals surface area contributed by atoms with Gasteiger partial charge in [-0.15, -0.1) is 0 Å². The number of nitrogens with one attached hydrogen (secondary N) is 1. The molecular weight excluding hydrogens is 216 g/mol. The van der Waals surface area contributed by atoms with E-state index in [1.165, 1.54) is 19.2 Å². The predicted octanol–water partition coefficient (Wildman–Crippen LogP) is 1.62. The summed E-state index contributed by atoms with van der Waals surface area (Å²) in [5.74, 6) is -2.24. The van der Waals surface area contributed by atoms with Crippen molar-refractivity contribution in [3.63, 3.8) is 0 Å². The molecule has 1 unspecified atom stereocenters. The van der Waals surface area contributed by atoms with Crippen molar-refractivity contribution in [1.82, 2.24) is 5.32 Å². The van der Waals surface area contributed by atoms with Gasteiger partial charge in [-0.3, -0.25) is 4.79 Å². The molecule has 0 spiro atoms. The molecule has 0 bridgehead atoms. The minimum absolute atomic E-state index is 0.0693. The summed E-state index contributed by atoms with van der Waals surface area (Å²) >= 11 is 0. The SMILES string of the molecule is COC(=O)C(C)NCc1cccc(F)c1F. The summed E-state index contributed by atoms with van der Waals surface area (Å²) in [5, 5.41) is 2.74. The lowest BCUT2D eigenvalue weighted by atomic mass is 10.2. The molecule has 0 heterocycles. The van der Waals surface area contributed by atoms with E-state index >= 15 is 0 Å². The summed E-state index contributed by atoms with van der Waals surface area (Å²) < 4.78 is 30.5. The molecule has 16 heavy (non-hydrogen) atoms. The zero-order valence-corrected chi connectivity index (χ0v) is 9.09. The molecular formula is C11H13F2NO2. The van der Waals surface area contributed by atoms with Crippen molar-refractivity contribution in [3.8, 4) is 0 Å². The Balaban J connectivity index is 2.61. The predicted molar refractivity (Wildman–Crippen MR) is 54.7 cm³/mol. The second-order valence-corrected chi connectivity index (χ2v) is 3.34. The minimum atomic E-state index is -0.898. The lowest BCUT2D eigenvalue weighted by Gasteiger charge is -2.11. The topological polar surface area (TPSA) is 38.3 Å². The molecule has 0 aliphatic rings. The number of carbonyl (C=O) groups is 1. The highest BCUT2D eigenvalue weighted by Gasteiger charge is 2.13. The van der Waals surface area contributed by atoms with E-state index in [4.69, 9.17) is 0 Å². The van der Waals surface area contributed by atoms with Crippen LogP contribution in [0.5, 0.6) is 0 Å². The second-order valence-electron chi connectivity index (χ2n) is 3.34. The Morgan fingerprint density at radius 2 is 2.19 bits per heavy atom. The Kier molecular flexibility index (Phi) is 4.37. The lowest BCUT2D eigenvalue weighted by molar-refractivity contribution is -0.142. The van der Waals surface area contributed by atoms with Crippen LogP contribution in [0.15, 0.2) is 18.2 Å². The van der Waals surface area contributed by atoms with Gasteiger partial charge in [0, 0.05) is 12.1 Å². The molecule has 0 aromatic heterocycles. The maximum atomic E-state index is 13.2. The lowest BCUT2D eigenvalue weighted by Crippen LogP contribution is -2.34. The molecule has 0 aliphatic heterocycles. The smallest absolute Gasteiger partial charge is 0.322 e. The quantitative estimate of drug-likeness (QED) is 0.797. The third kappa shape index (κ3) is 3.00. The first-order valence-electron chi connectivity index (χ1n) is 4.80. The van der Waals surface area contributed by atoms with Crippen molar-refractivity contribution in [2.24, 2.45) is 0 Å². The monoisotopic (exact) mass is 229 g/mol. The van der Waals surface area contributed by atoms with Crippen molar-refractivity contribution in [2.45, 2.75) is 19.5 Å². The van der Waals surface area contributed by atoms with E-state index < -0.39 is 23.6 Å². The van der Waals surface area contributed by atoms with Gasteiger partial charge in [-0.05, 0) is 13.0 Å². The molecule has 1 rings (SSSR count). The van der Waals surface area contributed by atoms with Crippen molar-refractivity contribution >= 4 is 5.97 Å². The third-order valence-corrected chi connectivity index (χ3v) is 2.19. The number of halogens is 2. The number of rotatable bonds is 4. The maximum Gasteiger partial charge on any atom is 0.322 e. The number of esters is 1. The average Bonchev–Trinajstić information content (AvgIpc) is 2.29. The molecule has 0 aliphatic carbocycles. The first-order chi connectivity index (χ1) is 7.56. The van der Waals surface area contributed by atoms with Gasteiger partial charge < -0.3 is 10.1 Å². The Morgan fingerprint density at radius 1 is 1.50 bits per heavy atom. The Morgan fingerprint density at radius 3 is 2.81 bits per heavy atom. The molecule has 0 fully saturated rings. The van der Waals surface area contributed by atoms with Crippen molar-refractivity contribution < 1.29 is 18.3 Å². The molecule has 1 atom stereocenters. The largest absolute Gasteiger partial charge is 0.468 e. The van der Waals surface area contributed by atoms with Gasteiger partial charge in [-0.1, -0.05) is 12.1 Å². The Bertz CT molecular complexity index is 382.